The van der Waals surface area contributed by atoms with Gasteiger partial charge in [-0.1, -0.05) is 30.3 Å². The van der Waals surface area contributed by atoms with Gasteiger partial charge in [-0.05, 0) is 25.0 Å². The molecule has 1 aliphatic rings. The molecular weight excluding hydrogens is 264 g/mol. The lowest BCUT2D eigenvalue weighted by Crippen LogP contribution is -2.37. The van der Waals surface area contributed by atoms with Gasteiger partial charge in [0, 0.05) is 24.6 Å². The van der Waals surface area contributed by atoms with E-state index in [1.807, 2.05) is 36.4 Å². The second kappa shape index (κ2) is 5.91. The minimum absolute atomic E-state index is 0.102. The van der Waals surface area contributed by atoms with Crippen LogP contribution in [0.2, 0.25) is 0 Å². The lowest BCUT2D eigenvalue weighted by atomic mass is 9.89. The van der Waals surface area contributed by atoms with Crippen LogP contribution in [-0.4, -0.2) is 29.1 Å². The largest absolute Gasteiger partial charge is 0.382 e. The van der Waals surface area contributed by atoms with E-state index < -0.39 is 0 Å². The van der Waals surface area contributed by atoms with E-state index in [4.69, 9.17) is 5.73 Å². The molecule has 1 aliphatic heterocycles. The number of hydrogen-bond donors (Lipinski definition) is 1. The summed E-state index contributed by atoms with van der Waals surface area (Å²) in [6.07, 6.45) is 1.69. The Balaban J connectivity index is 1.63. The molecule has 2 N–H and O–H groups in total. The second-order valence-corrected chi connectivity index (χ2v) is 5.31. The predicted molar refractivity (Wildman–Crippen MR) is 82.2 cm³/mol. The number of hydrogen-bond acceptors (Lipinski definition) is 5. The van der Waals surface area contributed by atoms with Crippen LogP contribution in [-0.2, 0) is 0 Å². The molecule has 5 heteroatoms. The zero-order chi connectivity index (χ0) is 14.7. The zero-order valence-electron chi connectivity index (χ0n) is 11.8. The highest BCUT2D eigenvalue weighted by atomic mass is 16.1. The molecule has 5 nitrogen and oxygen atoms in total. The number of ketones is 1. The first-order chi connectivity index (χ1) is 10.2. The van der Waals surface area contributed by atoms with Crippen LogP contribution in [0, 0.1) is 5.92 Å². The summed E-state index contributed by atoms with van der Waals surface area (Å²) in [6.45, 7) is 1.64. The second-order valence-electron chi connectivity index (χ2n) is 5.31. The van der Waals surface area contributed by atoms with Crippen molar-refractivity contribution in [1.82, 2.24) is 10.2 Å². The minimum atomic E-state index is 0.102. The van der Waals surface area contributed by atoms with Crippen molar-refractivity contribution in [2.75, 3.05) is 23.7 Å². The Bertz CT molecular complexity index is 604. The molecule has 0 atom stereocenters. The standard InChI is InChI=1S/C16H18N4O/c17-14-6-7-15(19-18-14)20-10-8-13(9-11-20)16(21)12-4-2-1-3-5-12/h1-7,13H,8-11H2,(H2,17,18). The van der Waals surface area contributed by atoms with Crippen molar-refractivity contribution in [1.29, 1.82) is 0 Å². The number of aromatic nitrogens is 2. The van der Waals surface area contributed by atoms with Gasteiger partial charge in [-0.15, -0.1) is 10.2 Å². The van der Waals surface area contributed by atoms with E-state index in [1.165, 1.54) is 0 Å². The average Bonchev–Trinajstić information content (AvgIpc) is 2.56. The van der Waals surface area contributed by atoms with Crippen LogP contribution in [0.25, 0.3) is 0 Å². The van der Waals surface area contributed by atoms with Gasteiger partial charge in [-0.25, -0.2) is 0 Å². The van der Waals surface area contributed by atoms with Gasteiger partial charge < -0.3 is 10.6 Å². The number of anilines is 2. The van der Waals surface area contributed by atoms with Crippen molar-refractivity contribution in [2.24, 2.45) is 5.92 Å². The van der Waals surface area contributed by atoms with Crippen LogP contribution in [0.3, 0.4) is 0 Å². The summed E-state index contributed by atoms with van der Waals surface area (Å²) in [6, 6.07) is 13.2. The first kappa shape index (κ1) is 13.5. The fourth-order valence-corrected chi connectivity index (χ4v) is 2.71. The zero-order valence-corrected chi connectivity index (χ0v) is 11.8. The Kier molecular flexibility index (Phi) is 3.81. The van der Waals surface area contributed by atoms with Gasteiger partial charge >= 0.3 is 0 Å². The molecule has 21 heavy (non-hydrogen) atoms. The van der Waals surface area contributed by atoms with Gasteiger partial charge in [0.2, 0.25) is 0 Å². The molecule has 0 radical (unpaired) electrons. The Morgan fingerprint density at radius 2 is 1.76 bits per heavy atom. The van der Waals surface area contributed by atoms with Gasteiger partial charge in [0.25, 0.3) is 0 Å². The fraction of sp³-hybridized carbons (Fsp3) is 0.312. The Morgan fingerprint density at radius 3 is 2.38 bits per heavy atom. The summed E-state index contributed by atoms with van der Waals surface area (Å²) in [5, 5.41) is 7.97. The maximum Gasteiger partial charge on any atom is 0.166 e. The number of nitrogens with zero attached hydrogens (tertiary/aromatic N) is 3. The molecule has 0 amide bonds. The van der Waals surface area contributed by atoms with Crippen molar-refractivity contribution in [3.63, 3.8) is 0 Å². The maximum absolute atomic E-state index is 12.4. The van der Waals surface area contributed by atoms with Gasteiger partial charge in [0.1, 0.15) is 5.82 Å². The molecule has 0 saturated carbocycles. The number of nitrogen functional groups attached to an aromatic ring is 1. The molecule has 1 aromatic carbocycles. The molecule has 2 aromatic rings. The van der Waals surface area contributed by atoms with E-state index in [1.54, 1.807) is 6.07 Å². The molecule has 1 fully saturated rings. The predicted octanol–water partition coefficient (Wildman–Crippen LogP) is 2.16. The van der Waals surface area contributed by atoms with Crippen LogP contribution in [0.1, 0.15) is 23.2 Å². The Morgan fingerprint density at radius 1 is 1.05 bits per heavy atom. The van der Waals surface area contributed by atoms with Crippen molar-refractivity contribution in [3.8, 4) is 0 Å². The first-order valence-electron chi connectivity index (χ1n) is 7.17. The van der Waals surface area contributed by atoms with Gasteiger partial charge in [-0.3, -0.25) is 4.79 Å². The number of carbonyl (C=O) groups excluding carboxylic acids is 1. The van der Waals surface area contributed by atoms with E-state index >= 15 is 0 Å². The van der Waals surface area contributed by atoms with Gasteiger partial charge in [0.05, 0.1) is 0 Å². The highest BCUT2D eigenvalue weighted by molar-refractivity contribution is 5.97. The molecule has 0 spiro atoms. The number of carbonyl (C=O) groups is 1. The summed E-state index contributed by atoms with van der Waals surface area (Å²) in [4.78, 5) is 14.6. The topological polar surface area (TPSA) is 72.1 Å². The molecular formula is C16H18N4O. The lowest BCUT2D eigenvalue weighted by molar-refractivity contribution is 0.0900. The molecule has 0 aliphatic carbocycles. The third-order valence-electron chi connectivity index (χ3n) is 3.92. The van der Waals surface area contributed by atoms with Crippen LogP contribution in [0.4, 0.5) is 11.6 Å². The lowest BCUT2D eigenvalue weighted by Gasteiger charge is -2.31. The van der Waals surface area contributed by atoms with E-state index in [-0.39, 0.29) is 11.7 Å². The summed E-state index contributed by atoms with van der Waals surface area (Å²) in [5.41, 5.74) is 6.35. The van der Waals surface area contributed by atoms with E-state index in [9.17, 15) is 4.79 Å². The summed E-state index contributed by atoms with van der Waals surface area (Å²) in [7, 11) is 0. The van der Waals surface area contributed by atoms with Crippen molar-refractivity contribution < 1.29 is 4.79 Å². The SMILES string of the molecule is Nc1ccc(N2CCC(C(=O)c3ccccc3)CC2)nn1. The molecule has 108 valence electrons. The fourth-order valence-electron chi connectivity index (χ4n) is 2.71. The monoisotopic (exact) mass is 282 g/mol. The summed E-state index contributed by atoms with van der Waals surface area (Å²) in [5.74, 6) is 1.60. The molecule has 1 aromatic heterocycles. The van der Waals surface area contributed by atoms with Crippen LogP contribution < -0.4 is 10.6 Å². The minimum Gasteiger partial charge on any atom is -0.382 e. The van der Waals surface area contributed by atoms with E-state index in [0.29, 0.717) is 5.82 Å². The highest BCUT2D eigenvalue weighted by Gasteiger charge is 2.26. The van der Waals surface area contributed by atoms with Crippen molar-refractivity contribution >= 4 is 17.4 Å². The summed E-state index contributed by atoms with van der Waals surface area (Å²) >= 11 is 0. The van der Waals surface area contributed by atoms with Crippen LogP contribution in [0.5, 0.6) is 0 Å². The highest BCUT2D eigenvalue weighted by Crippen LogP contribution is 2.24. The van der Waals surface area contributed by atoms with Crippen LogP contribution in [0.15, 0.2) is 42.5 Å². The number of benzene rings is 1. The van der Waals surface area contributed by atoms with Crippen molar-refractivity contribution in [2.45, 2.75) is 12.8 Å². The van der Waals surface area contributed by atoms with E-state index in [0.717, 1.165) is 37.3 Å². The maximum atomic E-state index is 12.4. The third-order valence-corrected chi connectivity index (χ3v) is 3.92. The Hall–Kier alpha value is -2.43. The third kappa shape index (κ3) is 3.02. The van der Waals surface area contributed by atoms with Crippen molar-refractivity contribution in [3.05, 3.63) is 48.0 Å². The molecule has 2 heterocycles. The smallest absolute Gasteiger partial charge is 0.166 e. The molecule has 1 saturated heterocycles. The quantitative estimate of drug-likeness (QED) is 0.873. The molecule has 3 rings (SSSR count). The van der Waals surface area contributed by atoms with E-state index in [2.05, 4.69) is 15.1 Å². The average molecular weight is 282 g/mol. The Labute approximate surface area is 123 Å². The number of rotatable bonds is 3. The number of piperidine rings is 1. The molecule has 0 unspecified atom stereocenters. The van der Waals surface area contributed by atoms with Crippen LogP contribution >= 0.6 is 0 Å². The normalized spacial score (nSPS) is 15.9. The molecule has 0 bridgehead atoms. The number of nitrogens with two attached hydrogens (primary N) is 1. The summed E-state index contributed by atoms with van der Waals surface area (Å²) < 4.78 is 0. The first-order valence-corrected chi connectivity index (χ1v) is 7.17. The van der Waals surface area contributed by atoms with Gasteiger partial charge in [0.15, 0.2) is 11.6 Å². The number of Topliss-reactive ketones (excluding diaryl/α,β-unsaturated/α-hetero) is 1. The van der Waals surface area contributed by atoms with Gasteiger partial charge in [-0.2, -0.15) is 0 Å².